The van der Waals surface area contributed by atoms with Crippen molar-refractivity contribution in [1.82, 2.24) is 4.57 Å². The number of hydrogen-bond donors (Lipinski definition) is 1. The Labute approximate surface area is 77.2 Å². The second-order valence-electron chi connectivity index (χ2n) is 3.63. The predicted octanol–water partition coefficient (Wildman–Crippen LogP) is 0.950. The number of aromatic nitrogens is 1. The van der Waals surface area contributed by atoms with Gasteiger partial charge in [0.05, 0.1) is 0 Å². The first kappa shape index (κ1) is 8.51. The smallest absolute Gasteiger partial charge is 0.255 e. The number of nitrogens with zero attached hydrogens (tertiary/aromatic N) is 1. The first-order chi connectivity index (χ1) is 6.24. The minimum Gasteiger partial charge on any atom is -0.326 e. The Bertz CT molecular complexity index is 377. The summed E-state index contributed by atoms with van der Waals surface area (Å²) in [5, 5.41) is 0. The standard InChI is InChI=1S/C10H14N2O/c1-7-4-5-12(8-2-3-8)10(13)9(7)6-11/h4-5,8H,2-3,6,11H2,1H3. The molecule has 1 heterocycles. The van der Waals surface area contributed by atoms with E-state index in [0.717, 1.165) is 24.0 Å². The maximum atomic E-state index is 11.8. The van der Waals surface area contributed by atoms with Crippen LogP contribution in [0.5, 0.6) is 0 Å². The second-order valence-corrected chi connectivity index (χ2v) is 3.63. The Morgan fingerprint density at radius 1 is 1.62 bits per heavy atom. The summed E-state index contributed by atoms with van der Waals surface area (Å²) in [7, 11) is 0. The van der Waals surface area contributed by atoms with Crippen LogP contribution in [0.15, 0.2) is 17.1 Å². The van der Waals surface area contributed by atoms with Crippen LogP contribution in [-0.4, -0.2) is 4.57 Å². The molecule has 3 nitrogen and oxygen atoms in total. The zero-order chi connectivity index (χ0) is 9.42. The van der Waals surface area contributed by atoms with Crippen LogP contribution in [0.25, 0.3) is 0 Å². The number of rotatable bonds is 2. The molecule has 2 N–H and O–H groups in total. The van der Waals surface area contributed by atoms with Crippen molar-refractivity contribution in [3.8, 4) is 0 Å². The maximum Gasteiger partial charge on any atom is 0.255 e. The van der Waals surface area contributed by atoms with Crippen molar-refractivity contribution in [2.75, 3.05) is 0 Å². The van der Waals surface area contributed by atoms with Gasteiger partial charge in [0.25, 0.3) is 5.56 Å². The van der Waals surface area contributed by atoms with Crippen LogP contribution >= 0.6 is 0 Å². The van der Waals surface area contributed by atoms with Crippen molar-refractivity contribution < 1.29 is 0 Å². The molecule has 0 atom stereocenters. The molecule has 1 aliphatic rings. The highest BCUT2D eigenvalue weighted by atomic mass is 16.1. The summed E-state index contributed by atoms with van der Waals surface area (Å²) in [6.07, 6.45) is 4.15. The largest absolute Gasteiger partial charge is 0.326 e. The lowest BCUT2D eigenvalue weighted by Crippen LogP contribution is -2.25. The van der Waals surface area contributed by atoms with Crippen molar-refractivity contribution in [1.29, 1.82) is 0 Å². The molecule has 1 aliphatic carbocycles. The second kappa shape index (κ2) is 3.00. The first-order valence-corrected chi connectivity index (χ1v) is 4.64. The average Bonchev–Trinajstić information content (AvgIpc) is 2.88. The third kappa shape index (κ3) is 1.40. The van der Waals surface area contributed by atoms with Gasteiger partial charge in [0, 0.05) is 24.3 Å². The van der Waals surface area contributed by atoms with Gasteiger partial charge in [0.2, 0.25) is 0 Å². The van der Waals surface area contributed by atoms with Crippen LogP contribution in [0.1, 0.15) is 30.0 Å². The highest BCUT2D eigenvalue weighted by Crippen LogP contribution is 2.33. The highest BCUT2D eigenvalue weighted by molar-refractivity contribution is 5.22. The fraction of sp³-hybridized carbons (Fsp3) is 0.500. The Hall–Kier alpha value is -1.09. The van der Waals surface area contributed by atoms with Crippen LogP contribution in [-0.2, 0) is 6.54 Å². The van der Waals surface area contributed by atoms with E-state index in [0.29, 0.717) is 12.6 Å². The van der Waals surface area contributed by atoms with E-state index in [2.05, 4.69) is 0 Å². The zero-order valence-electron chi connectivity index (χ0n) is 7.79. The molecule has 1 saturated carbocycles. The van der Waals surface area contributed by atoms with Gasteiger partial charge < -0.3 is 10.3 Å². The van der Waals surface area contributed by atoms with Gasteiger partial charge in [0.1, 0.15) is 0 Å². The van der Waals surface area contributed by atoms with E-state index in [1.54, 1.807) is 0 Å². The lowest BCUT2D eigenvalue weighted by Gasteiger charge is -2.07. The topological polar surface area (TPSA) is 48.0 Å². The monoisotopic (exact) mass is 178 g/mol. The van der Waals surface area contributed by atoms with E-state index in [1.807, 2.05) is 23.8 Å². The molecule has 0 spiro atoms. The summed E-state index contributed by atoms with van der Waals surface area (Å²) < 4.78 is 1.81. The molecule has 2 rings (SSSR count). The van der Waals surface area contributed by atoms with Gasteiger partial charge in [-0.25, -0.2) is 0 Å². The molecule has 13 heavy (non-hydrogen) atoms. The summed E-state index contributed by atoms with van der Waals surface area (Å²) >= 11 is 0. The molecule has 70 valence electrons. The first-order valence-electron chi connectivity index (χ1n) is 4.64. The molecule has 0 radical (unpaired) electrons. The maximum absolute atomic E-state index is 11.8. The number of hydrogen-bond acceptors (Lipinski definition) is 2. The Kier molecular flexibility index (Phi) is 1.96. The van der Waals surface area contributed by atoms with Gasteiger partial charge in [-0.15, -0.1) is 0 Å². The Morgan fingerprint density at radius 3 is 2.85 bits per heavy atom. The average molecular weight is 178 g/mol. The van der Waals surface area contributed by atoms with Gasteiger partial charge in [-0.2, -0.15) is 0 Å². The van der Waals surface area contributed by atoms with E-state index in [4.69, 9.17) is 5.73 Å². The SMILES string of the molecule is Cc1ccn(C2CC2)c(=O)c1CN. The van der Waals surface area contributed by atoms with Crippen LogP contribution in [0, 0.1) is 6.92 Å². The van der Waals surface area contributed by atoms with Crippen molar-refractivity contribution in [2.45, 2.75) is 32.4 Å². The molecule has 1 aromatic rings. The van der Waals surface area contributed by atoms with Gasteiger partial charge in [-0.1, -0.05) is 0 Å². The van der Waals surface area contributed by atoms with E-state index in [9.17, 15) is 4.79 Å². The molecule has 0 bridgehead atoms. The quantitative estimate of drug-likeness (QED) is 0.733. The van der Waals surface area contributed by atoms with Gasteiger partial charge in [0.15, 0.2) is 0 Å². The summed E-state index contributed by atoms with van der Waals surface area (Å²) in [6, 6.07) is 2.42. The summed E-state index contributed by atoms with van der Waals surface area (Å²) in [4.78, 5) is 11.8. The van der Waals surface area contributed by atoms with Crippen LogP contribution < -0.4 is 11.3 Å². The van der Waals surface area contributed by atoms with E-state index in [-0.39, 0.29) is 5.56 Å². The summed E-state index contributed by atoms with van der Waals surface area (Å²) in [5.74, 6) is 0. The molecule has 1 fully saturated rings. The van der Waals surface area contributed by atoms with Crippen molar-refractivity contribution >= 4 is 0 Å². The third-order valence-corrected chi connectivity index (χ3v) is 2.60. The van der Waals surface area contributed by atoms with Gasteiger partial charge in [-0.05, 0) is 31.4 Å². The number of pyridine rings is 1. The van der Waals surface area contributed by atoms with Gasteiger partial charge in [-0.3, -0.25) is 4.79 Å². The fourth-order valence-electron chi connectivity index (χ4n) is 1.57. The number of aryl methyl sites for hydroxylation is 1. The molecule has 0 amide bonds. The summed E-state index contributed by atoms with van der Waals surface area (Å²) in [5.41, 5.74) is 7.39. The predicted molar refractivity (Wildman–Crippen MR) is 51.6 cm³/mol. The zero-order valence-corrected chi connectivity index (χ0v) is 7.79. The van der Waals surface area contributed by atoms with E-state index < -0.39 is 0 Å². The molecule has 3 heteroatoms. The van der Waals surface area contributed by atoms with Crippen molar-refractivity contribution in [3.05, 3.63) is 33.7 Å². The van der Waals surface area contributed by atoms with Crippen molar-refractivity contribution in [2.24, 2.45) is 5.73 Å². The molecule has 0 unspecified atom stereocenters. The number of nitrogens with two attached hydrogens (primary N) is 1. The molecule has 0 aromatic carbocycles. The molecule has 0 aliphatic heterocycles. The van der Waals surface area contributed by atoms with Crippen LogP contribution in [0.3, 0.4) is 0 Å². The molecular weight excluding hydrogens is 164 g/mol. The lowest BCUT2D eigenvalue weighted by atomic mass is 10.1. The third-order valence-electron chi connectivity index (χ3n) is 2.60. The summed E-state index contributed by atoms with van der Waals surface area (Å²) in [6.45, 7) is 2.28. The highest BCUT2D eigenvalue weighted by Gasteiger charge is 2.24. The Morgan fingerprint density at radius 2 is 2.31 bits per heavy atom. The van der Waals surface area contributed by atoms with Crippen molar-refractivity contribution in [3.63, 3.8) is 0 Å². The van der Waals surface area contributed by atoms with Crippen LogP contribution in [0.4, 0.5) is 0 Å². The minimum absolute atomic E-state index is 0.102. The van der Waals surface area contributed by atoms with Gasteiger partial charge >= 0.3 is 0 Å². The van der Waals surface area contributed by atoms with Crippen LogP contribution in [0.2, 0.25) is 0 Å². The lowest BCUT2D eigenvalue weighted by molar-refractivity contribution is 0.693. The molecule has 1 aromatic heterocycles. The minimum atomic E-state index is 0.102. The molecular formula is C10H14N2O. The Balaban J connectivity index is 2.54. The van der Waals surface area contributed by atoms with E-state index >= 15 is 0 Å². The normalized spacial score (nSPS) is 16.2. The fourth-order valence-corrected chi connectivity index (χ4v) is 1.57. The van der Waals surface area contributed by atoms with E-state index in [1.165, 1.54) is 0 Å². The molecule has 0 saturated heterocycles.